The van der Waals surface area contributed by atoms with Crippen molar-refractivity contribution in [3.8, 4) is 0 Å². The molecule has 0 amide bonds. The molecule has 1 fully saturated rings. The van der Waals surface area contributed by atoms with Crippen LogP contribution in [0.5, 0.6) is 0 Å². The van der Waals surface area contributed by atoms with Gasteiger partial charge in [-0.2, -0.15) is 0 Å². The lowest BCUT2D eigenvalue weighted by Crippen LogP contribution is -2.11. The lowest BCUT2D eigenvalue weighted by atomic mass is 10.1. The minimum Gasteiger partial charge on any atom is -0.297 e. The van der Waals surface area contributed by atoms with Gasteiger partial charge >= 0.3 is 0 Å². The molecule has 1 saturated heterocycles. The van der Waals surface area contributed by atoms with E-state index in [1.54, 1.807) is 35.9 Å². The zero-order chi connectivity index (χ0) is 15.0. The van der Waals surface area contributed by atoms with Crippen molar-refractivity contribution < 1.29 is 4.79 Å². The molecule has 106 valence electrons. The van der Waals surface area contributed by atoms with Crippen molar-refractivity contribution in [3.05, 3.63) is 55.3 Å². The van der Waals surface area contributed by atoms with E-state index in [-0.39, 0.29) is 5.78 Å². The molecule has 2 aromatic rings. The third kappa shape index (κ3) is 2.92. The van der Waals surface area contributed by atoms with Gasteiger partial charge in [-0.15, -0.1) is 11.3 Å². The molecule has 0 spiro atoms. The first-order valence-corrected chi connectivity index (χ1v) is 8.38. The van der Waals surface area contributed by atoms with Gasteiger partial charge < -0.3 is 0 Å². The third-order valence-electron chi connectivity index (χ3n) is 2.93. The second-order valence-electron chi connectivity index (χ2n) is 4.31. The molecule has 0 radical (unpaired) electrons. The van der Waals surface area contributed by atoms with E-state index in [9.17, 15) is 4.79 Å². The Morgan fingerprint density at radius 3 is 2.81 bits per heavy atom. The van der Waals surface area contributed by atoms with E-state index < -0.39 is 5.92 Å². The summed E-state index contributed by atoms with van der Waals surface area (Å²) in [6.45, 7) is 0. The Bertz CT molecular complexity index is 756. The monoisotopic (exact) mass is 354 g/mol. The summed E-state index contributed by atoms with van der Waals surface area (Å²) in [4.78, 5) is 17.1. The number of nitrogens with one attached hydrogen (secondary N) is 1. The van der Waals surface area contributed by atoms with Crippen molar-refractivity contribution in [3.63, 3.8) is 0 Å². The molecule has 0 saturated carbocycles. The number of carbonyl (C=O) groups is 1. The molecule has 1 N–H and O–H groups in total. The van der Waals surface area contributed by atoms with Crippen LogP contribution < -0.4 is 0 Å². The van der Waals surface area contributed by atoms with Crippen LogP contribution in [0.15, 0.2) is 34.7 Å². The highest BCUT2D eigenvalue weighted by Crippen LogP contribution is 2.41. The van der Waals surface area contributed by atoms with Crippen LogP contribution in [-0.4, -0.2) is 15.8 Å². The fourth-order valence-corrected chi connectivity index (χ4v) is 4.21. The highest BCUT2D eigenvalue weighted by atomic mass is 35.5. The molecule has 0 bridgehead atoms. The SMILES string of the molecule is N=C1S/C(=C\c2ccc(Cl)cc2Cl)C(=O)[C@@H]1c1nccs1. The van der Waals surface area contributed by atoms with E-state index in [0.29, 0.717) is 30.6 Å². The molecule has 1 aromatic carbocycles. The van der Waals surface area contributed by atoms with Gasteiger partial charge in [0.15, 0.2) is 5.78 Å². The van der Waals surface area contributed by atoms with Crippen LogP contribution in [0.3, 0.4) is 0 Å². The van der Waals surface area contributed by atoms with Gasteiger partial charge in [-0.05, 0) is 23.8 Å². The highest BCUT2D eigenvalue weighted by Gasteiger charge is 2.38. The van der Waals surface area contributed by atoms with Gasteiger partial charge in [0.2, 0.25) is 0 Å². The summed E-state index contributed by atoms with van der Waals surface area (Å²) in [5.74, 6) is -0.682. The number of Topliss-reactive ketones (excluding diaryl/α,β-unsaturated/α-hetero) is 1. The molecule has 1 aliphatic rings. The predicted molar refractivity (Wildman–Crippen MR) is 89.6 cm³/mol. The average Bonchev–Trinajstić information content (AvgIpc) is 3.02. The number of benzene rings is 1. The number of aromatic nitrogens is 1. The van der Waals surface area contributed by atoms with Crippen LogP contribution in [0.2, 0.25) is 10.0 Å². The van der Waals surface area contributed by atoms with E-state index in [2.05, 4.69) is 4.98 Å². The lowest BCUT2D eigenvalue weighted by Gasteiger charge is -2.02. The molecule has 21 heavy (non-hydrogen) atoms. The average molecular weight is 355 g/mol. The largest absolute Gasteiger partial charge is 0.297 e. The zero-order valence-corrected chi connectivity index (χ0v) is 13.6. The minimum absolute atomic E-state index is 0.106. The molecule has 1 aliphatic heterocycles. The first-order chi connectivity index (χ1) is 10.1. The van der Waals surface area contributed by atoms with E-state index in [1.807, 2.05) is 0 Å². The van der Waals surface area contributed by atoms with Gasteiger partial charge in [0.25, 0.3) is 0 Å². The van der Waals surface area contributed by atoms with Crippen molar-refractivity contribution in [1.82, 2.24) is 4.98 Å². The van der Waals surface area contributed by atoms with Gasteiger partial charge in [-0.25, -0.2) is 4.98 Å². The number of ketones is 1. The molecular formula is C14H8Cl2N2OS2. The van der Waals surface area contributed by atoms with Crippen LogP contribution in [0.25, 0.3) is 6.08 Å². The number of thioether (sulfide) groups is 1. The fourth-order valence-electron chi connectivity index (χ4n) is 1.95. The molecule has 3 rings (SSSR count). The highest BCUT2D eigenvalue weighted by molar-refractivity contribution is 8.19. The summed E-state index contributed by atoms with van der Waals surface area (Å²) in [7, 11) is 0. The zero-order valence-electron chi connectivity index (χ0n) is 10.5. The second kappa shape index (κ2) is 5.93. The standard InChI is InChI=1S/C14H8Cl2N2OS2/c15-8-2-1-7(9(16)6-8)5-10-12(19)11(13(17)21-10)14-18-3-4-20-14/h1-6,11,17H/b10-5-,17-13?/t11-/m0/s1. The van der Waals surface area contributed by atoms with Crippen molar-refractivity contribution >= 4 is 63.2 Å². The van der Waals surface area contributed by atoms with Crippen LogP contribution >= 0.6 is 46.3 Å². The summed E-state index contributed by atoms with van der Waals surface area (Å²) in [5.41, 5.74) is 0.713. The van der Waals surface area contributed by atoms with E-state index >= 15 is 0 Å². The van der Waals surface area contributed by atoms with E-state index in [0.717, 1.165) is 11.8 Å². The Morgan fingerprint density at radius 2 is 2.14 bits per heavy atom. The van der Waals surface area contributed by atoms with E-state index in [4.69, 9.17) is 28.6 Å². The Labute approximate surface area is 139 Å². The number of hydrogen-bond donors (Lipinski definition) is 1. The molecule has 1 atom stereocenters. The Hall–Kier alpha value is -1.14. The van der Waals surface area contributed by atoms with Crippen LogP contribution in [-0.2, 0) is 4.79 Å². The summed E-state index contributed by atoms with van der Waals surface area (Å²) in [6.07, 6.45) is 3.34. The molecule has 0 unspecified atom stereocenters. The molecule has 3 nitrogen and oxygen atoms in total. The number of halogens is 2. The molecule has 0 aliphatic carbocycles. The summed E-state index contributed by atoms with van der Waals surface area (Å²) in [5, 5.41) is 11.8. The van der Waals surface area contributed by atoms with Crippen molar-refractivity contribution in [1.29, 1.82) is 5.41 Å². The third-order valence-corrected chi connectivity index (χ3v) is 5.33. The van der Waals surface area contributed by atoms with Gasteiger partial charge in [0.1, 0.15) is 10.9 Å². The number of thiazole rings is 1. The lowest BCUT2D eigenvalue weighted by molar-refractivity contribution is -0.114. The summed E-state index contributed by atoms with van der Waals surface area (Å²) < 4.78 is 0. The summed E-state index contributed by atoms with van der Waals surface area (Å²) >= 11 is 14.5. The smallest absolute Gasteiger partial charge is 0.186 e. The fraction of sp³-hybridized carbons (Fsp3) is 0.0714. The van der Waals surface area contributed by atoms with Crippen molar-refractivity contribution in [2.45, 2.75) is 5.92 Å². The van der Waals surface area contributed by atoms with Crippen LogP contribution in [0.4, 0.5) is 0 Å². The van der Waals surface area contributed by atoms with Gasteiger partial charge in [-0.3, -0.25) is 10.2 Å². The van der Waals surface area contributed by atoms with Crippen molar-refractivity contribution in [2.24, 2.45) is 0 Å². The quantitative estimate of drug-likeness (QED) is 0.782. The Morgan fingerprint density at radius 1 is 1.33 bits per heavy atom. The topological polar surface area (TPSA) is 53.8 Å². The second-order valence-corrected chi connectivity index (χ2v) is 7.16. The normalized spacial score (nSPS) is 20.5. The van der Waals surface area contributed by atoms with Gasteiger partial charge in [0, 0.05) is 21.6 Å². The minimum atomic E-state index is -0.577. The molecule has 7 heteroatoms. The van der Waals surface area contributed by atoms with Crippen LogP contribution in [0, 0.1) is 5.41 Å². The molecule has 1 aromatic heterocycles. The number of rotatable bonds is 2. The predicted octanol–water partition coefficient (Wildman–Crippen LogP) is 4.87. The van der Waals surface area contributed by atoms with Gasteiger partial charge in [0.05, 0.1) is 9.95 Å². The Balaban J connectivity index is 1.95. The first kappa shape index (κ1) is 14.8. The van der Waals surface area contributed by atoms with E-state index in [1.165, 1.54) is 11.3 Å². The number of carbonyl (C=O) groups excluding carboxylic acids is 1. The maximum Gasteiger partial charge on any atom is 0.186 e. The van der Waals surface area contributed by atoms with Crippen LogP contribution in [0.1, 0.15) is 16.5 Å². The maximum absolute atomic E-state index is 12.5. The maximum atomic E-state index is 12.5. The van der Waals surface area contributed by atoms with Gasteiger partial charge in [-0.1, -0.05) is 41.0 Å². The van der Waals surface area contributed by atoms with Crippen molar-refractivity contribution in [2.75, 3.05) is 0 Å². The molecule has 2 heterocycles. The number of allylic oxidation sites excluding steroid dienone is 1. The number of hydrogen-bond acceptors (Lipinski definition) is 5. The Kier molecular flexibility index (Phi) is 4.17. The number of nitrogens with zero attached hydrogens (tertiary/aromatic N) is 1. The summed E-state index contributed by atoms with van der Waals surface area (Å²) in [6, 6.07) is 5.10. The first-order valence-electron chi connectivity index (χ1n) is 5.93. The molecular weight excluding hydrogens is 347 g/mol.